The highest BCUT2D eigenvalue weighted by atomic mass is 16.5. The molecule has 3 aromatic rings. The van der Waals surface area contributed by atoms with Crippen LogP contribution in [0.25, 0.3) is 0 Å². The summed E-state index contributed by atoms with van der Waals surface area (Å²) in [4.78, 5) is 36.5. The number of rotatable bonds is 11. The SMILES string of the molecule is CCCCOc1ccc(C(=O)Oc2ccc(/C=N\NC(=O)CNC(=O)c3ccccc3C)cc2)cc1. The first-order valence-electron chi connectivity index (χ1n) is 11.7. The molecule has 2 amide bonds. The molecule has 0 fully saturated rings. The van der Waals surface area contributed by atoms with Crippen LogP contribution in [-0.4, -0.2) is 37.1 Å². The molecule has 0 aliphatic heterocycles. The molecule has 186 valence electrons. The van der Waals surface area contributed by atoms with Gasteiger partial charge in [0.25, 0.3) is 11.8 Å². The summed E-state index contributed by atoms with van der Waals surface area (Å²) in [5.74, 6) is -0.168. The second-order valence-electron chi connectivity index (χ2n) is 7.98. The van der Waals surface area contributed by atoms with Crippen LogP contribution in [0.4, 0.5) is 0 Å². The van der Waals surface area contributed by atoms with E-state index in [1.54, 1.807) is 60.7 Å². The van der Waals surface area contributed by atoms with E-state index in [1.165, 1.54) is 6.21 Å². The van der Waals surface area contributed by atoms with Crippen LogP contribution in [0.1, 0.15) is 51.6 Å². The second kappa shape index (κ2) is 13.4. The molecule has 0 aliphatic rings. The molecule has 0 saturated heterocycles. The molecule has 3 aromatic carbocycles. The maximum absolute atomic E-state index is 12.4. The van der Waals surface area contributed by atoms with Crippen molar-refractivity contribution < 1.29 is 23.9 Å². The molecular weight excluding hydrogens is 458 g/mol. The number of unbranched alkanes of at least 4 members (excludes halogenated alkanes) is 1. The lowest BCUT2D eigenvalue weighted by atomic mass is 10.1. The average molecular weight is 488 g/mol. The van der Waals surface area contributed by atoms with Crippen LogP contribution in [-0.2, 0) is 4.79 Å². The third-order valence-electron chi connectivity index (χ3n) is 5.15. The molecule has 0 atom stereocenters. The van der Waals surface area contributed by atoms with Crippen molar-refractivity contribution >= 4 is 24.0 Å². The van der Waals surface area contributed by atoms with Crippen molar-refractivity contribution in [1.82, 2.24) is 10.7 Å². The zero-order chi connectivity index (χ0) is 25.8. The van der Waals surface area contributed by atoms with E-state index < -0.39 is 11.9 Å². The van der Waals surface area contributed by atoms with E-state index in [2.05, 4.69) is 22.8 Å². The Kier molecular flexibility index (Phi) is 9.76. The smallest absolute Gasteiger partial charge is 0.343 e. The molecule has 0 unspecified atom stereocenters. The Morgan fingerprint density at radius 2 is 1.61 bits per heavy atom. The van der Waals surface area contributed by atoms with Gasteiger partial charge in [-0.2, -0.15) is 5.10 Å². The number of amides is 2. The molecule has 0 heterocycles. The van der Waals surface area contributed by atoms with Gasteiger partial charge in [0.15, 0.2) is 0 Å². The van der Waals surface area contributed by atoms with Crippen molar-refractivity contribution in [3.8, 4) is 11.5 Å². The minimum Gasteiger partial charge on any atom is -0.494 e. The van der Waals surface area contributed by atoms with Gasteiger partial charge in [0.05, 0.1) is 24.9 Å². The highest BCUT2D eigenvalue weighted by molar-refractivity contribution is 5.97. The summed E-state index contributed by atoms with van der Waals surface area (Å²) in [6, 6.07) is 20.6. The quantitative estimate of drug-likeness (QED) is 0.138. The summed E-state index contributed by atoms with van der Waals surface area (Å²) < 4.78 is 11.0. The lowest BCUT2D eigenvalue weighted by Crippen LogP contribution is -2.35. The number of carbonyl (C=O) groups excluding carboxylic acids is 3. The number of carbonyl (C=O) groups is 3. The molecule has 0 radical (unpaired) electrons. The Morgan fingerprint density at radius 1 is 0.917 bits per heavy atom. The topological polar surface area (TPSA) is 106 Å². The van der Waals surface area contributed by atoms with Gasteiger partial charge in [0.1, 0.15) is 11.5 Å². The molecule has 8 nitrogen and oxygen atoms in total. The predicted molar refractivity (Wildman–Crippen MR) is 137 cm³/mol. The number of aryl methyl sites for hydroxylation is 1. The second-order valence-corrected chi connectivity index (χ2v) is 7.98. The Hall–Kier alpha value is -4.46. The third-order valence-corrected chi connectivity index (χ3v) is 5.15. The monoisotopic (exact) mass is 487 g/mol. The summed E-state index contributed by atoms with van der Waals surface area (Å²) in [5, 5.41) is 6.45. The molecule has 0 aliphatic carbocycles. The molecule has 0 spiro atoms. The number of hydrogen-bond acceptors (Lipinski definition) is 6. The summed E-state index contributed by atoms with van der Waals surface area (Å²) in [6.45, 7) is 4.36. The van der Waals surface area contributed by atoms with E-state index in [1.807, 2.05) is 19.1 Å². The number of ether oxygens (including phenoxy) is 2. The van der Waals surface area contributed by atoms with Gasteiger partial charge in [-0.05, 0) is 79.1 Å². The van der Waals surface area contributed by atoms with Crippen molar-refractivity contribution in [3.63, 3.8) is 0 Å². The fourth-order valence-corrected chi connectivity index (χ4v) is 3.11. The minimum absolute atomic E-state index is 0.203. The first-order chi connectivity index (χ1) is 17.5. The van der Waals surface area contributed by atoms with Gasteiger partial charge in [-0.1, -0.05) is 31.5 Å². The van der Waals surface area contributed by atoms with Crippen molar-refractivity contribution in [2.24, 2.45) is 5.10 Å². The van der Waals surface area contributed by atoms with Gasteiger partial charge in [-0.25, -0.2) is 10.2 Å². The molecule has 2 N–H and O–H groups in total. The summed E-state index contributed by atoms with van der Waals surface area (Å²) in [7, 11) is 0. The first kappa shape index (κ1) is 26.2. The molecule has 0 aromatic heterocycles. The number of hydrazone groups is 1. The van der Waals surface area contributed by atoms with Crippen LogP contribution in [0.15, 0.2) is 77.9 Å². The lowest BCUT2D eigenvalue weighted by Gasteiger charge is -2.07. The van der Waals surface area contributed by atoms with Gasteiger partial charge >= 0.3 is 5.97 Å². The van der Waals surface area contributed by atoms with Crippen molar-refractivity contribution in [1.29, 1.82) is 0 Å². The van der Waals surface area contributed by atoms with E-state index >= 15 is 0 Å². The number of esters is 1. The summed E-state index contributed by atoms with van der Waals surface area (Å²) >= 11 is 0. The molecule has 3 rings (SSSR count). The van der Waals surface area contributed by atoms with Gasteiger partial charge in [-0.3, -0.25) is 9.59 Å². The maximum atomic E-state index is 12.4. The van der Waals surface area contributed by atoms with Crippen LogP contribution in [0.2, 0.25) is 0 Å². The Balaban J connectivity index is 1.43. The Morgan fingerprint density at radius 3 is 2.31 bits per heavy atom. The zero-order valence-corrected chi connectivity index (χ0v) is 20.3. The van der Waals surface area contributed by atoms with Gasteiger partial charge in [-0.15, -0.1) is 0 Å². The standard InChI is InChI=1S/C28H29N3O5/c1-3-4-17-35-23-15-11-22(12-16-23)28(34)36-24-13-9-21(10-14-24)18-30-31-26(32)19-29-27(33)25-8-6-5-7-20(25)2/h5-16,18H,3-4,17,19H2,1-2H3,(H,29,33)(H,31,32)/b30-18-. The molecule has 8 heteroatoms. The van der Waals surface area contributed by atoms with E-state index in [0.29, 0.717) is 34.8 Å². The fraction of sp³-hybridized carbons (Fsp3) is 0.214. The predicted octanol–water partition coefficient (Wildman–Crippen LogP) is 4.27. The summed E-state index contributed by atoms with van der Waals surface area (Å²) in [5.41, 5.74) is 4.81. The lowest BCUT2D eigenvalue weighted by molar-refractivity contribution is -0.120. The Labute approximate surface area is 210 Å². The molecule has 0 bridgehead atoms. The Bertz CT molecular complexity index is 1200. The normalized spacial score (nSPS) is 10.6. The zero-order valence-electron chi connectivity index (χ0n) is 20.3. The molecular formula is C28H29N3O5. The number of nitrogens with one attached hydrogen (secondary N) is 2. The molecule has 36 heavy (non-hydrogen) atoms. The highest BCUT2D eigenvalue weighted by Crippen LogP contribution is 2.17. The number of benzene rings is 3. The average Bonchev–Trinajstić information content (AvgIpc) is 2.89. The van der Waals surface area contributed by atoms with Crippen LogP contribution in [0, 0.1) is 6.92 Å². The minimum atomic E-state index is -0.475. The third kappa shape index (κ3) is 8.09. The first-order valence-corrected chi connectivity index (χ1v) is 11.7. The van der Waals surface area contributed by atoms with E-state index in [-0.39, 0.29) is 12.5 Å². The van der Waals surface area contributed by atoms with Crippen molar-refractivity contribution in [2.75, 3.05) is 13.2 Å². The summed E-state index contributed by atoms with van der Waals surface area (Å²) in [6.07, 6.45) is 3.48. The van der Waals surface area contributed by atoms with Gasteiger partial charge < -0.3 is 14.8 Å². The van der Waals surface area contributed by atoms with Crippen LogP contribution >= 0.6 is 0 Å². The highest BCUT2D eigenvalue weighted by Gasteiger charge is 2.10. The van der Waals surface area contributed by atoms with Crippen LogP contribution in [0.3, 0.4) is 0 Å². The van der Waals surface area contributed by atoms with Crippen LogP contribution < -0.4 is 20.2 Å². The number of nitrogens with zero attached hydrogens (tertiary/aromatic N) is 1. The molecule has 0 saturated carbocycles. The van der Waals surface area contributed by atoms with Crippen molar-refractivity contribution in [2.45, 2.75) is 26.7 Å². The van der Waals surface area contributed by atoms with Crippen LogP contribution in [0.5, 0.6) is 11.5 Å². The maximum Gasteiger partial charge on any atom is 0.343 e. The van der Waals surface area contributed by atoms with E-state index in [0.717, 1.165) is 18.4 Å². The van der Waals surface area contributed by atoms with E-state index in [9.17, 15) is 14.4 Å². The number of hydrogen-bond donors (Lipinski definition) is 2. The van der Waals surface area contributed by atoms with Crippen molar-refractivity contribution in [3.05, 3.63) is 95.1 Å². The van der Waals surface area contributed by atoms with Gasteiger partial charge in [0, 0.05) is 5.56 Å². The largest absolute Gasteiger partial charge is 0.494 e. The fourth-order valence-electron chi connectivity index (χ4n) is 3.11. The van der Waals surface area contributed by atoms with Gasteiger partial charge in [0.2, 0.25) is 0 Å². The van der Waals surface area contributed by atoms with E-state index in [4.69, 9.17) is 9.47 Å².